The zero-order valence-corrected chi connectivity index (χ0v) is 20.0. The Labute approximate surface area is 203 Å². The van der Waals surface area contributed by atoms with Crippen molar-refractivity contribution in [1.29, 1.82) is 0 Å². The summed E-state index contributed by atoms with van der Waals surface area (Å²) in [6, 6.07) is 5.63. The van der Waals surface area contributed by atoms with E-state index in [-0.39, 0.29) is 23.6 Å². The third kappa shape index (κ3) is 3.37. The molecule has 3 fully saturated rings. The molecular weight excluding hydrogens is 442 g/mol. The lowest BCUT2D eigenvalue weighted by molar-refractivity contribution is 0.0183. The van der Waals surface area contributed by atoms with Crippen LogP contribution in [0.25, 0.3) is 10.8 Å². The quantitative estimate of drug-likeness (QED) is 0.506. The minimum atomic E-state index is -0.471. The van der Waals surface area contributed by atoms with Gasteiger partial charge in [-0.2, -0.15) is 0 Å². The number of carbonyl (C=O) groups is 1. The molecule has 0 amide bonds. The van der Waals surface area contributed by atoms with Crippen molar-refractivity contribution < 1.29 is 14.3 Å². The van der Waals surface area contributed by atoms with E-state index < -0.39 is 5.54 Å². The molecule has 35 heavy (non-hydrogen) atoms. The van der Waals surface area contributed by atoms with Gasteiger partial charge in [-0.15, -0.1) is 0 Å². The summed E-state index contributed by atoms with van der Waals surface area (Å²) in [5.41, 5.74) is 8.62. The lowest BCUT2D eigenvalue weighted by Crippen LogP contribution is -2.36. The second kappa shape index (κ2) is 7.13. The van der Waals surface area contributed by atoms with Gasteiger partial charge < -0.3 is 20.5 Å². The molecule has 1 aliphatic heterocycles. The standard InChI is InChI=1S/C27H29N5O3/c1-14-27(9-10-27)23-17(25(33)34-14)7-8-21(32-23)31-22-11-18-19(12-29-22)24(35-16-5-6-16)30-13-20(18)26(2,28)15-3-4-15/h7-8,11-16H,3-6,9-10,28H2,1-2H3,(H,29,31,32)/t14-,26?/m0/s1. The summed E-state index contributed by atoms with van der Waals surface area (Å²) in [5.74, 6) is 2.10. The van der Waals surface area contributed by atoms with Crippen LogP contribution in [0.4, 0.5) is 11.6 Å². The van der Waals surface area contributed by atoms with Gasteiger partial charge in [0.1, 0.15) is 23.8 Å². The lowest BCUT2D eigenvalue weighted by Gasteiger charge is -2.30. The van der Waals surface area contributed by atoms with Gasteiger partial charge in [-0.25, -0.2) is 19.7 Å². The molecule has 3 N–H and O–H groups in total. The molecule has 1 unspecified atom stereocenters. The molecule has 8 nitrogen and oxygen atoms in total. The Bertz CT molecular complexity index is 1370. The van der Waals surface area contributed by atoms with Crippen molar-refractivity contribution in [3.63, 3.8) is 0 Å². The number of rotatable bonds is 6. The summed E-state index contributed by atoms with van der Waals surface area (Å²) in [5, 5.41) is 5.24. The maximum atomic E-state index is 12.4. The number of ether oxygens (including phenoxy) is 2. The number of carbonyl (C=O) groups excluding carboxylic acids is 1. The number of anilines is 2. The highest BCUT2D eigenvalue weighted by molar-refractivity contribution is 5.94. The first-order valence-electron chi connectivity index (χ1n) is 12.6. The normalized spacial score (nSPS) is 24.0. The van der Waals surface area contributed by atoms with Crippen LogP contribution in [-0.4, -0.2) is 33.1 Å². The minimum absolute atomic E-state index is 0.155. The molecule has 0 bridgehead atoms. The van der Waals surface area contributed by atoms with E-state index in [1.54, 1.807) is 6.07 Å². The predicted octanol–water partition coefficient (Wildman–Crippen LogP) is 4.48. The number of esters is 1. The van der Waals surface area contributed by atoms with E-state index in [9.17, 15) is 4.79 Å². The molecule has 3 aliphatic carbocycles. The van der Waals surface area contributed by atoms with Crippen molar-refractivity contribution in [3.05, 3.63) is 47.4 Å². The van der Waals surface area contributed by atoms with Gasteiger partial charge in [0.05, 0.1) is 22.1 Å². The highest BCUT2D eigenvalue weighted by atomic mass is 16.5. The first-order chi connectivity index (χ1) is 16.8. The summed E-state index contributed by atoms with van der Waals surface area (Å²) in [7, 11) is 0. The summed E-state index contributed by atoms with van der Waals surface area (Å²) in [6.07, 6.45) is 10.1. The topological polar surface area (TPSA) is 112 Å². The van der Waals surface area contributed by atoms with Crippen LogP contribution in [0.5, 0.6) is 5.88 Å². The second-order valence-electron chi connectivity index (χ2n) is 10.9. The van der Waals surface area contributed by atoms with Crippen LogP contribution in [-0.2, 0) is 15.7 Å². The Morgan fingerprint density at radius 2 is 1.91 bits per heavy atom. The highest BCUT2D eigenvalue weighted by Crippen LogP contribution is 2.54. The second-order valence-corrected chi connectivity index (χ2v) is 10.9. The zero-order chi connectivity index (χ0) is 23.9. The first kappa shape index (κ1) is 21.1. The fourth-order valence-corrected chi connectivity index (χ4v) is 5.46. The SMILES string of the molecule is C[C@@H]1OC(=O)c2ccc(Nc3cc4c(C(C)(N)C5CC5)cnc(OC5CC5)c4cn3)nc2C12CC2. The lowest BCUT2D eigenvalue weighted by atomic mass is 9.86. The van der Waals surface area contributed by atoms with Gasteiger partial charge in [0.15, 0.2) is 0 Å². The number of nitrogens with two attached hydrogens (primary N) is 1. The summed E-state index contributed by atoms with van der Waals surface area (Å²) >= 11 is 0. The summed E-state index contributed by atoms with van der Waals surface area (Å²) in [6.45, 7) is 4.05. The van der Waals surface area contributed by atoms with Crippen LogP contribution in [0.15, 0.2) is 30.6 Å². The number of hydrogen-bond donors (Lipinski definition) is 2. The first-order valence-corrected chi connectivity index (χ1v) is 12.6. The molecule has 3 saturated carbocycles. The van der Waals surface area contributed by atoms with Gasteiger partial charge in [-0.1, -0.05) is 0 Å². The summed E-state index contributed by atoms with van der Waals surface area (Å²) in [4.78, 5) is 26.6. The van der Waals surface area contributed by atoms with Gasteiger partial charge in [0, 0.05) is 17.9 Å². The average molecular weight is 472 g/mol. The fraction of sp³-hybridized carbons (Fsp3) is 0.481. The van der Waals surface area contributed by atoms with Gasteiger partial charge in [0.25, 0.3) is 0 Å². The molecule has 4 heterocycles. The van der Waals surface area contributed by atoms with E-state index in [0.29, 0.717) is 29.0 Å². The molecule has 7 rings (SSSR count). The number of cyclic esters (lactones) is 1. The van der Waals surface area contributed by atoms with Crippen LogP contribution in [0.3, 0.4) is 0 Å². The van der Waals surface area contributed by atoms with E-state index in [4.69, 9.17) is 20.2 Å². The van der Waals surface area contributed by atoms with Crippen molar-refractivity contribution in [1.82, 2.24) is 15.0 Å². The molecular formula is C27H29N5O3. The zero-order valence-electron chi connectivity index (χ0n) is 20.0. The molecule has 0 saturated heterocycles. The Kier molecular flexibility index (Phi) is 4.29. The van der Waals surface area contributed by atoms with Crippen LogP contribution in [0, 0.1) is 5.92 Å². The average Bonchev–Trinajstić information content (AvgIpc) is 3.68. The van der Waals surface area contributed by atoms with E-state index in [2.05, 4.69) is 22.2 Å². The molecule has 4 aliphatic rings. The highest BCUT2D eigenvalue weighted by Gasteiger charge is 2.56. The number of fused-ring (bicyclic) bond motifs is 3. The number of hydrogen-bond acceptors (Lipinski definition) is 8. The molecule has 0 radical (unpaired) electrons. The van der Waals surface area contributed by atoms with Crippen LogP contribution < -0.4 is 15.8 Å². The largest absolute Gasteiger partial charge is 0.474 e. The third-order valence-corrected chi connectivity index (χ3v) is 8.24. The van der Waals surface area contributed by atoms with E-state index >= 15 is 0 Å². The molecule has 3 aromatic heterocycles. The smallest absolute Gasteiger partial charge is 0.340 e. The predicted molar refractivity (Wildman–Crippen MR) is 131 cm³/mol. The Morgan fingerprint density at radius 1 is 1.11 bits per heavy atom. The molecule has 0 aromatic carbocycles. The van der Waals surface area contributed by atoms with E-state index in [1.807, 2.05) is 31.5 Å². The van der Waals surface area contributed by atoms with Crippen molar-refractivity contribution in [2.45, 2.75) is 75.5 Å². The van der Waals surface area contributed by atoms with Gasteiger partial charge in [0.2, 0.25) is 5.88 Å². The fourth-order valence-electron chi connectivity index (χ4n) is 5.46. The van der Waals surface area contributed by atoms with Crippen molar-refractivity contribution in [2.24, 2.45) is 11.7 Å². The number of nitrogens with one attached hydrogen (secondary N) is 1. The Balaban J connectivity index is 1.28. The van der Waals surface area contributed by atoms with Crippen LogP contribution in [0.1, 0.15) is 74.0 Å². The molecule has 180 valence electrons. The minimum Gasteiger partial charge on any atom is -0.474 e. The molecule has 2 atom stereocenters. The Morgan fingerprint density at radius 3 is 2.63 bits per heavy atom. The third-order valence-electron chi connectivity index (χ3n) is 8.24. The van der Waals surface area contributed by atoms with Crippen molar-refractivity contribution in [3.8, 4) is 5.88 Å². The molecule has 1 spiro atoms. The maximum Gasteiger partial charge on any atom is 0.340 e. The maximum absolute atomic E-state index is 12.4. The van der Waals surface area contributed by atoms with Crippen molar-refractivity contribution >= 4 is 28.4 Å². The summed E-state index contributed by atoms with van der Waals surface area (Å²) < 4.78 is 11.7. The monoisotopic (exact) mass is 471 g/mol. The van der Waals surface area contributed by atoms with E-state index in [0.717, 1.165) is 60.6 Å². The van der Waals surface area contributed by atoms with Crippen LogP contribution in [0.2, 0.25) is 0 Å². The molecule has 3 aromatic rings. The van der Waals surface area contributed by atoms with Gasteiger partial charge in [-0.3, -0.25) is 0 Å². The van der Waals surface area contributed by atoms with Gasteiger partial charge in [-0.05, 0) is 87.4 Å². The number of nitrogens with zero attached hydrogens (tertiary/aromatic N) is 3. The van der Waals surface area contributed by atoms with Crippen LogP contribution >= 0.6 is 0 Å². The number of pyridine rings is 3. The molecule has 8 heteroatoms. The van der Waals surface area contributed by atoms with Crippen molar-refractivity contribution in [2.75, 3.05) is 5.32 Å². The Hall–Kier alpha value is -3.26. The number of aromatic nitrogens is 3. The van der Waals surface area contributed by atoms with Gasteiger partial charge >= 0.3 is 5.97 Å². The van der Waals surface area contributed by atoms with E-state index in [1.165, 1.54) is 0 Å².